The molecule has 0 amide bonds. The second-order valence-electron chi connectivity index (χ2n) is 12.9. The van der Waals surface area contributed by atoms with Crippen LogP contribution in [0.2, 0.25) is 0 Å². The fraction of sp³-hybridized carbons (Fsp3) is 0.628. The van der Waals surface area contributed by atoms with Crippen molar-refractivity contribution in [2.24, 2.45) is 5.73 Å². The minimum Gasteiger partial charge on any atom is -0.462 e. The molecule has 0 radical (unpaired) electrons. The second kappa shape index (κ2) is 39.8. The van der Waals surface area contributed by atoms with E-state index in [9.17, 15) is 19.0 Å². The number of nitrogens with two attached hydrogens (primary N) is 1. The molecule has 2 atom stereocenters. The Morgan fingerprint density at radius 3 is 1.56 bits per heavy atom. The van der Waals surface area contributed by atoms with E-state index in [2.05, 4.69) is 79.8 Å². The molecular formula is C43H72NO9P. The number of phosphoric ester groups is 1. The van der Waals surface area contributed by atoms with Crippen LogP contribution in [0.5, 0.6) is 0 Å². The van der Waals surface area contributed by atoms with Gasteiger partial charge in [0.25, 0.3) is 0 Å². The standard InChI is InChI=1S/C43H72NO9P/c1-2-3-4-5-6-7-8-9-13-16-19-22-25-28-31-34-42(46)50-39-41(40-52-54(48,49)51-38-36-44)53-43(47)35-32-29-26-23-20-17-14-11-10-12-15-18-21-24-27-30-33-37-45/h6-7,9-10,12-14,17-19,21-23,26,41,45H,2-5,8,11,15-16,20,24-25,27-40,44H2,1H3,(H,48,49)/b7-6-,12-10-,13-9-,17-14-,21-18-,22-19-,26-23-/t41-/m1/s1. The highest BCUT2D eigenvalue weighted by atomic mass is 31.2. The molecule has 0 spiro atoms. The van der Waals surface area contributed by atoms with Crippen molar-refractivity contribution in [1.82, 2.24) is 0 Å². The van der Waals surface area contributed by atoms with Crippen molar-refractivity contribution < 1.29 is 42.7 Å². The molecule has 10 nitrogen and oxygen atoms in total. The highest BCUT2D eigenvalue weighted by Gasteiger charge is 2.25. The zero-order valence-corrected chi connectivity index (χ0v) is 34.0. The topological polar surface area (TPSA) is 155 Å². The van der Waals surface area contributed by atoms with Crippen molar-refractivity contribution in [3.63, 3.8) is 0 Å². The fourth-order valence-corrected chi connectivity index (χ4v) is 5.55. The molecule has 0 aromatic rings. The Kier molecular flexibility index (Phi) is 37.7. The monoisotopic (exact) mass is 777 g/mol. The number of esters is 2. The van der Waals surface area contributed by atoms with E-state index in [1.165, 1.54) is 19.3 Å². The third kappa shape index (κ3) is 38.9. The number of hydrogen-bond donors (Lipinski definition) is 3. The molecule has 1 unspecified atom stereocenters. The lowest BCUT2D eigenvalue weighted by Crippen LogP contribution is -2.29. The Hall–Kier alpha value is -2.85. The molecule has 308 valence electrons. The average Bonchev–Trinajstić information content (AvgIpc) is 3.16. The first-order valence-electron chi connectivity index (χ1n) is 20.2. The van der Waals surface area contributed by atoms with Gasteiger partial charge in [0.1, 0.15) is 6.61 Å². The van der Waals surface area contributed by atoms with E-state index in [-0.39, 0.29) is 39.2 Å². The average molecular weight is 778 g/mol. The number of carbonyl (C=O) groups is 2. The normalized spacial score (nSPS) is 14.2. The van der Waals surface area contributed by atoms with E-state index in [1.807, 2.05) is 12.2 Å². The number of rotatable bonds is 37. The Morgan fingerprint density at radius 1 is 0.593 bits per heavy atom. The summed E-state index contributed by atoms with van der Waals surface area (Å²) >= 11 is 0. The van der Waals surface area contributed by atoms with Gasteiger partial charge in [0, 0.05) is 26.0 Å². The Labute approximate surface area is 326 Å². The van der Waals surface area contributed by atoms with E-state index >= 15 is 0 Å². The van der Waals surface area contributed by atoms with Crippen LogP contribution in [0, 0.1) is 0 Å². The second-order valence-corrected chi connectivity index (χ2v) is 14.3. The van der Waals surface area contributed by atoms with Gasteiger partial charge in [-0.3, -0.25) is 18.6 Å². The summed E-state index contributed by atoms with van der Waals surface area (Å²) in [4.78, 5) is 34.7. The number of carbonyl (C=O) groups excluding carboxylic acids is 2. The number of aliphatic hydroxyl groups is 1. The van der Waals surface area contributed by atoms with E-state index in [4.69, 9.17) is 29.4 Å². The van der Waals surface area contributed by atoms with Crippen molar-refractivity contribution in [2.75, 3.05) is 33.0 Å². The van der Waals surface area contributed by atoms with Crippen LogP contribution in [0.4, 0.5) is 0 Å². The summed E-state index contributed by atoms with van der Waals surface area (Å²) in [6.45, 7) is 1.56. The minimum atomic E-state index is -4.41. The molecule has 4 N–H and O–H groups in total. The number of unbranched alkanes of at least 4 members (excludes halogenated alkanes) is 9. The van der Waals surface area contributed by atoms with Gasteiger partial charge in [-0.05, 0) is 96.3 Å². The van der Waals surface area contributed by atoms with Crippen molar-refractivity contribution in [1.29, 1.82) is 0 Å². The molecule has 0 heterocycles. The molecule has 0 saturated heterocycles. The van der Waals surface area contributed by atoms with Gasteiger partial charge < -0.3 is 25.2 Å². The zero-order chi connectivity index (χ0) is 39.6. The summed E-state index contributed by atoms with van der Waals surface area (Å²) in [5, 5.41) is 8.78. The summed E-state index contributed by atoms with van der Waals surface area (Å²) in [7, 11) is -4.41. The van der Waals surface area contributed by atoms with Crippen LogP contribution in [0.3, 0.4) is 0 Å². The first-order valence-corrected chi connectivity index (χ1v) is 21.7. The zero-order valence-electron chi connectivity index (χ0n) is 33.1. The van der Waals surface area contributed by atoms with Crippen LogP contribution in [-0.2, 0) is 32.7 Å². The molecule has 0 bridgehead atoms. The maximum absolute atomic E-state index is 12.5. The van der Waals surface area contributed by atoms with Gasteiger partial charge in [-0.15, -0.1) is 0 Å². The molecule has 0 rings (SSSR count). The van der Waals surface area contributed by atoms with E-state index in [0.29, 0.717) is 19.3 Å². The van der Waals surface area contributed by atoms with Crippen LogP contribution in [-0.4, -0.2) is 61.0 Å². The minimum absolute atomic E-state index is 0.0303. The third-order valence-electron chi connectivity index (χ3n) is 7.81. The quantitative estimate of drug-likeness (QED) is 0.0240. The molecule has 0 saturated carbocycles. The molecule has 0 fully saturated rings. The maximum Gasteiger partial charge on any atom is 0.472 e. The van der Waals surface area contributed by atoms with Crippen molar-refractivity contribution >= 4 is 19.8 Å². The summed E-state index contributed by atoms with van der Waals surface area (Å²) in [5.74, 6) is -0.964. The number of ether oxygens (including phenoxy) is 2. The highest BCUT2D eigenvalue weighted by molar-refractivity contribution is 7.47. The molecule has 11 heteroatoms. The fourth-order valence-electron chi connectivity index (χ4n) is 4.79. The Morgan fingerprint density at radius 2 is 1.06 bits per heavy atom. The van der Waals surface area contributed by atoms with Crippen LogP contribution in [0.25, 0.3) is 0 Å². The van der Waals surface area contributed by atoms with E-state index in [0.717, 1.165) is 77.0 Å². The summed E-state index contributed by atoms with van der Waals surface area (Å²) in [6, 6.07) is 0. The van der Waals surface area contributed by atoms with Crippen LogP contribution < -0.4 is 5.73 Å². The predicted octanol–water partition coefficient (Wildman–Crippen LogP) is 10.2. The van der Waals surface area contributed by atoms with Crippen molar-refractivity contribution in [2.45, 2.75) is 141 Å². The Balaban J connectivity index is 4.38. The molecule has 0 aromatic heterocycles. The molecule has 0 aliphatic carbocycles. The number of aliphatic hydroxyl groups excluding tert-OH is 1. The van der Waals surface area contributed by atoms with Crippen LogP contribution in [0.15, 0.2) is 85.1 Å². The van der Waals surface area contributed by atoms with E-state index < -0.39 is 32.5 Å². The number of hydrogen-bond acceptors (Lipinski definition) is 9. The smallest absolute Gasteiger partial charge is 0.462 e. The van der Waals surface area contributed by atoms with Gasteiger partial charge in [0.05, 0.1) is 13.2 Å². The lowest BCUT2D eigenvalue weighted by atomic mass is 10.1. The maximum atomic E-state index is 12.5. The first-order chi connectivity index (χ1) is 26.3. The summed E-state index contributed by atoms with van der Waals surface area (Å²) in [6.07, 6.45) is 46.4. The van der Waals surface area contributed by atoms with Gasteiger partial charge in [-0.2, -0.15) is 0 Å². The molecule has 54 heavy (non-hydrogen) atoms. The van der Waals surface area contributed by atoms with Gasteiger partial charge in [-0.1, -0.05) is 111 Å². The summed E-state index contributed by atoms with van der Waals surface area (Å²) < 4.78 is 32.6. The highest BCUT2D eigenvalue weighted by Crippen LogP contribution is 2.43. The Bertz CT molecular complexity index is 1160. The van der Waals surface area contributed by atoms with Crippen molar-refractivity contribution in [3.05, 3.63) is 85.1 Å². The largest absolute Gasteiger partial charge is 0.472 e. The SMILES string of the molecule is CCCCC/C=C\C/C=C\C/C=C\CCCCC(=O)OC[C@H](COP(=O)(O)OCCN)OC(=O)CCC/C=C\C/C=C\C/C=C\C/C=C\CCCCCO. The van der Waals surface area contributed by atoms with Gasteiger partial charge in [0.15, 0.2) is 6.10 Å². The number of phosphoric acid groups is 1. The van der Waals surface area contributed by atoms with Crippen molar-refractivity contribution in [3.8, 4) is 0 Å². The first kappa shape index (κ1) is 51.1. The van der Waals surface area contributed by atoms with E-state index in [1.54, 1.807) is 0 Å². The molecule has 0 aliphatic heterocycles. The van der Waals surface area contributed by atoms with Crippen LogP contribution in [0.1, 0.15) is 135 Å². The predicted molar refractivity (Wildman–Crippen MR) is 221 cm³/mol. The van der Waals surface area contributed by atoms with Gasteiger partial charge in [-0.25, -0.2) is 4.57 Å². The molecular weight excluding hydrogens is 705 g/mol. The van der Waals surface area contributed by atoms with Gasteiger partial charge in [0.2, 0.25) is 0 Å². The molecule has 0 aliphatic rings. The third-order valence-corrected chi connectivity index (χ3v) is 8.79. The number of allylic oxidation sites excluding steroid dienone is 14. The van der Waals surface area contributed by atoms with Crippen LogP contribution >= 0.6 is 7.82 Å². The van der Waals surface area contributed by atoms with Gasteiger partial charge >= 0.3 is 19.8 Å². The lowest BCUT2D eigenvalue weighted by molar-refractivity contribution is -0.161. The molecule has 0 aromatic carbocycles. The lowest BCUT2D eigenvalue weighted by Gasteiger charge is -2.19. The summed E-state index contributed by atoms with van der Waals surface area (Å²) in [5.41, 5.74) is 5.33.